The zero-order chi connectivity index (χ0) is 18.8. The summed E-state index contributed by atoms with van der Waals surface area (Å²) in [5.74, 6) is 0.745. The van der Waals surface area contributed by atoms with E-state index in [9.17, 15) is 4.79 Å². The Kier molecular flexibility index (Phi) is 5.13. The van der Waals surface area contributed by atoms with Crippen molar-refractivity contribution in [2.75, 3.05) is 19.5 Å². The number of ether oxygens (including phenoxy) is 2. The Balaban J connectivity index is 1.89. The maximum Gasteiger partial charge on any atom is 0.255 e. The molecule has 3 aromatic rings. The zero-order valence-electron chi connectivity index (χ0n) is 14.9. The van der Waals surface area contributed by atoms with Crippen molar-refractivity contribution in [1.29, 1.82) is 0 Å². The third-order valence-electron chi connectivity index (χ3n) is 3.89. The lowest BCUT2D eigenvalue weighted by Crippen LogP contribution is -2.13. The second-order valence-corrected chi connectivity index (χ2v) is 6.76. The number of aromatic nitrogens is 3. The quantitative estimate of drug-likeness (QED) is 0.675. The van der Waals surface area contributed by atoms with Gasteiger partial charge in [0, 0.05) is 17.0 Å². The number of rotatable bonds is 5. The highest BCUT2D eigenvalue weighted by Gasteiger charge is 2.15. The van der Waals surface area contributed by atoms with Gasteiger partial charge in [0.25, 0.3) is 5.91 Å². The summed E-state index contributed by atoms with van der Waals surface area (Å²) < 4.78 is 13.1. The molecule has 8 heteroatoms. The van der Waals surface area contributed by atoms with Crippen LogP contribution < -0.4 is 14.8 Å². The van der Waals surface area contributed by atoms with E-state index < -0.39 is 0 Å². The summed E-state index contributed by atoms with van der Waals surface area (Å²) in [7, 11) is 3.07. The lowest BCUT2D eigenvalue weighted by molar-refractivity contribution is 0.102. The van der Waals surface area contributed by atoms with Crippen LogP contribution in [0.15, 0.2) is 35.1 Å². The van der Waals surface area contributed by atoms with Gasteiger partial charge in [-0.3, -0.25) is 4.79 Å². The standard InChI is InChI=1S/C18H19BrN4O3/c1-10(2)23-17-12(8-21-23)5-13(9-20-17)22-18(24)11-6-14(25-3)16(19)15(7-11)26-4/h5-10H,1-4H3,(H,22,24). The lowest BCUT2D eigenvalue weighted by Gasteiger charge is -2.12. The van der Waals surface area contributed by atoms with Gasteiger partial charge in [-0.25, -0.2) is 9.67 Å². The molecule has 0 bridgehead atoms. The molecule has 0 unspecified atom stereocenters. The van der Waals surface area contributed by atoms with Crippen molar-refractivity contribution >= 4 is 38.6 Å². The highest BCUT2D eigenvalue weighted by atomic mass is 79.9. The first-order valence-electron chi connectivity index (χ1n) is 8.00. The van der Waals surface area contributed by atoms with Gasteiger partial charge in [0.2, 0.25) is 0 Å². The molecule has 2 heterocycles. The van der Waals surface area contributed by atoms with Gasteiger partial charge in [0.1, 0.15) is 16.0 Å². The molecule has 7 nitrogen and oxygen atoms in total. The number of pyridine rings is 1. The van der Waals surface area contributed by atoms with Crippen molar-refractivity contribution in [3.05, 3.63) is 40.6 Å². The molecule has 1 N–H and O–H groups in total. The van der Waals surface area contributed by atoms with Crippen LogP contribution in [0.25, 0.3) is 11.0 Å². The van der Waals surface area contributed by atoms with E-state index in [-0.39, 0.29) is 11.9 Å². The number of amides is 1. The number of halogens is 1. The summed E-state index contributed by atoms with van der Waals surface area (Å²) in [5.41, 5.74) is 1.79. The summed E-state index contributed by atoms with van der Waals surface area (Å²) >= 11 is 3.39. The van der Waals surface area contributed by atoms with E-state index in [2.05, 4.69) is 31.3 Å². The minimum atomic E-state index is -0.286. The Morgan fingerprint density at radius 1 is 1.15 bits per heavy atom. The van der Waals surface area contributed by atoms with Crippen molar-refractivity contribution < 1.29 is 14.3 Å². The maximum absolute atomic E-state index is 12.6. The molecule has 26 heavy (non-hydrogen) atoms. The van der Waals surface area contributed by atoms with E-state index in [1.165, 1.54) is 14.2 Å². The molecule has 0 atom stereocenters. The Hall–Kier alpha value is -2.61. The Bertz CT molecular complexity index is 943. The van der Waals surface area contributed by atoms with E-state index in [0.29, 0.717) is 27.2 Å². The van der Waals surface area contributed by atoms with E-state index in [1.807, 2.05) is 24.6 Å². The van der Waals surface area contributed by atoms with Crippen LogP contribution in [0, 0.1) is 0 Å². The van der Waals surface area contributed by atoms with Crippen molar-refractivity contribution in [3.8, 4) is 11.5 Å². The fraction of sp³-hybridized carbons (Fsp3) is 0.278. The molecule has 2 aromatic heterocycles. The van der Waals surface area contributed by atoms with Crippen LogP contribution in [0.2, 0.25) is 0 Å². The maximum atomic E-state index is 12.6. The van der Waals surface area contributed by atoms with Gasteiger partial charge in [-0.1, -0.05) is 0 Å². The molecule has 3 rings (SSSR count). The second-order valence-electron chi connectivity index (χ2n) is 5.97. The molecular weight excluding hydrogens is 400 g/mol. The van der Waals surface area contributed by atoms with Gasteiger partial charge in [-0.05, 0) is 48.0 Å². The highest BCUT2D eigenvalue weighted by Crippen LogP contribution is 2.35. The van der Waals surface area contributed by atoms with Gasteiger partial charge < -0.3 is 14.8 Å². The molecule has 0 radical (unpaired) electrons. The van der Waals surface area contributed by atoms with Crippen LogP contribution in [0.4, 0.5) is 5.69 Å². The first-order valence-corrected chi connectivity index (χ1v) is 8.80. The van der Waals surface area contributed by atoms with Crippen molar-refractivity contribution in [2.45, 2.75) is 19.9 Å². The number of methoxy groups -OCH3 is 2. The molecule has 0 spiro atoms. The van der Waals surface area contributed by atoms with Crippen molar-refractivity contribution in [3.63, 3.8) is 0 Å². The van der Waals surface area contributed by atoms with E-state index in [1.54, 1.807) is 24.5 Å². The SMILES string of the molecule is COc1cc(C(=O)Nc2cnc3c(cnn3C(C)C)c2)cc(OC)c1Br. The number of benzene rings is 1. The molecule has 0 saturated carbocycles. The molecule has 1 aromatic carbocycles. The number of nitrogens with zero attached hydrogens (tertiary/aromatic N) is 3. The summed E-state index contributed by atoms with van der Waals surface area (Å²) in [6, 6.07) is 5.34. The third kappa shape index (κ3) is 3.37. The molecule has 0 fully saturated rings. The van der Waals surface area contributed by atoms with Crippen LogP contribution >= 0.6 is 15.9 Å². The van der Waals surface area contributed by atoms with E-state index in [4.69, 9.17) is 9.47 Å². The average molecular weight is 419 g/mol. The number of carbonyl (C=O) groups excluding carboxylic acids is 1. The highest BCUT2D eigenvalue weighted by molar-refractivity contribution is 9.10. The fourth-order valence-electron chi connectivity index (χ4n) is 2.59. The van der Waals surface area contributed by atoms with E-state index >= 15 is 0 Å². The van der Waals surface area contributed by atoms with Gasteiger partial charge in [-0.2, -0.15) is 5.10 Å². The molecule has 0 aliphatic rings. The third-order valence-corrected chi connectivity index (χ3v) is 4.67. The predicted octanol–water partition coefficient (Wildman–Crippen LogP) is 4.04. The summed E-state index contributed by atoms with van der Waals surface area (Å²) in [6.45, 7) is 4.08. The van der Waals surface area contributed by atoms with Crippen LogP contribution in [0.1, 0.15) is 30.2 Å². The van der Waals surface area contributed by atoms with Crippen LogP contribution in [0.5, 0.6) is 11.5 Å². The molecule has 136 valence electrons. The Labute approximate surface area is 159 Å². The molecular formula is C18H19BrN4O3. The number of nitrogens with one attached hydrogen (secondary N) is 1. The first-order chi connectivity index (χ1) is 12.4. The average Bonchev–Trinajstić information content (AvgIpc) is 3.05. The van der Waals surface area contributed by atoms with Gasteiger partial charge >= 0.3 is 0 Å². The summed E-state index contributed by atoms with van der Waals surface area (Å²) in [5, 5.41) is 8.04. The fourth-order valence-corrected chi connectivity index (χ4v) is 3.14. The number of hydrogen-bond acceptors (Lipinski definition) is 5. The van der Waals surface area contributed by atoms with Crippen LogP contribution in [0.3, 0.4) is 0 Å². The van der Waals surface area contributed by atoms with Crippen LogP contribution in [-0.4, -0.2) is 34.9 Å². The Morgan fingerprint density at radius 2 is 1.81 bits per heavy atom. The second kappa shape index (κ2) is 7.33. The molecule has 0 aliphatic heterocycles. The Morgan fingerprint density at radius 3 is 2.38 bits per heavy atom. The van der Waals surface area contributed by atoms with Crippen LogP contribution in [-0.2, 0) is 0 Å². The number of anilines is 1. The van der Waals surface area contributed by atoms with Gasteiger partial charge in [-0.15, -0.1) is 0 Å². The zero-order valence-corrected chi connectivity index (χ0v) is 16.5. The number of carbonyl (C=O) groups is 1. The first kappa shape index (κ1) is 18.2. The van der Waals surface area contributed by atoms with Gasteiger partial charge in [0.15, 0.2) is 5.65 Å². The predicted molar refractivity (Wildman–Crippen MR) is 103 cm³/mol. The van der Waals surface area contributed by atoms with Crippen molar-refractivity contribution in [1.82, 2.24) is 14.8 Å². The molecule has 1 amide bonds. The largest absolute Gasteiger partial charge is 0.495 e. The molecule has 0 aliphatic carbocycles. The van der Waals surface area contributed by atoms with Gasteiger partial charge in [0.05, 0.1) is 32.3 Å². The monoisotopic (exact) mass is 418 g/mol. The number of fused-ring (bicyclic) bond motifs is 1. The lowest BCUT2D eigenvalue weighted by atomic mass is 10.2. The minimum absolute atomic E-state index is 0.211. The topological polar surface area (TPSA) is 78.3 Å². The smallest absolute Gasteiger partial charge is 0.255 e. The summed E-state index contributed by atoms with van der Waals surface area (Å²) in [4.78, 5) is 17.0. The normalized spacial score (nSPS) is 11.0. The summed E-state index contributed by atoms with van der Waals surface area (Å²) in [6.07, 6.45) is 3.36. The minimum Gasteiger partial charge on any atom is -0.495 e. The van der Waals surface area contributed by atoms with Crippen molar-refractivity contribution in [2.24, 2.45) is 0 Å². The number of hydrogen-bond donors (Lipinski definition) is 1. The molecule has 0 saturated heterocycles. The van der Waals surface area contributed by atoms with E-state index in [0.717, 1.165) is 11.0 Å².